The topological polar surface area (TPSA) is 70.6 Å². The molecule has 2 N–H and O–H groups in total. The van der Waals surface area contributed by atoms with Crippen LogP contribution in [0.5, 0.6) is 0 Å². The summed E-state index contributed by atoms with van der Waals surface area (Å²) in [6, 6.07) is 28.2. The normalized spacial score (nSPS) is 12.2. The average molecular weight is 436 g/mol. The lowest BCUT2D eigenvalue weighted by molar-refractivity contribution is -0.117. The van der Waals surface area contributed by atoms with Crippen molar-refractivity contribution in [3.63, 3.8) is 0 Å². The van der Waals surface area contributed by atoms with E-state index in [1.54, 1.807) is 36.4 Å². The molecule has 5 nitrogen and oxygen atoms in total. The maximum absolute atomic E-state index is 12.8. The van der Waals surface area contributed by atoms with Crippen LogP contribution < -0.4 is 10.7 Å². The number of allylic oxidation sites excluding steroid dienone is 3. The number of hydrazone groups is 1. The van der Waals surface area contributed by atoms with E-state index >= 15 is 0 Å². The second-order valence-electron chi connectivity index (χ2n) is 7.17. The third-order valence-electron chi connectivity index (χ3n) is 4.51. The van der Waals surface area contributed by atoms with Gasteiger partial charge in [-0.15, -0.1) is 0 Å². The second-order valence-corrected chi connectivity index (χ2v) is 7.17. The van der Waals surface area contributed by atoms with E-state index in [4.69, 9.17) is 0 Å². The molecule has 3 aromatic carbocycles. The average Bonchev–Trinajstić information content (AvgIpc) is 2.85. The van der Waals surface area contributed by atoms with Gasteiger partial charge in [0.1, 0.15) is 5.70 Å². The first-order chi connectivity index (χ1) is 16.1. The summed E-state index contributed by atoms with van der Waals surface area (Å²) in [6.07, 6.45) is 8.62. The van der Waals surface area contributed by atoms with Crippen LogP contribution in [0.25, 0.3) is 12.2 Å². The van der Waals surface area contributed by atoms with Crippen LogP contribution in [0.2, 0.25) is 0 Å². The summed E-state index contributed by atoms with van der Waals surface area (Å²) in [5.41, 5.74) is 5.82. The van der Waals surface area contributed by atoms with E-state index in [1.807, 2.05) is 85.8 Å². The zero-order valence-corrected chi connectivity index (χ0v) is 18.3. The Hall–Kier alpha value is -4.51. The predicted molar refractivity (Wildman–Crippen MR) is 134 cm³/mol. The Kier molecular flexibility index (Phi) is 8.68. The van der Waals surface area contributed by atoms with Crippen LogP contribution in [-0.4, -0.2) is 18.0 Å². The van der Waals surface area contributed by atoms with Crippen molar-refractivity contribution in [2.24, 2.45) is 5.10 Å². The molecular weight excluding hydrogens is 410 g/mol. The van der Waals surface area contributed by atoms with Crippen molar-refractivity contribution in [1.29, 1.82) is 0 Å². The molecule has 0 aromatic heterocycles. The van der Waals surface area contributed by atoms with Crippen LogP contribution >= 0.6 is 0 Å². The number of hydrogen-bond acceptors (Lipinski definition) is 3. The molecule has 0 bridgehead atoms. The van der Waals surface area contributed by atoms with Crippen molar-refractivity contribution in [3.05, 3.63) is 131 Å². The first-order valence-corrected chi connectivity index (χ1v) is 10.5. The SMILES string of the molecule is CC(=Cc1ccccc1)C=C(NC(=O)c1ccccc1)C(=O)NN=CC=Cc1ccccc1. The minimum atomic E-state index is -0.524. The Bertz CT molecular complexity index is 1180. The molecule has 164 valence electrons. The van der Waals surface area contributed by atoms with Crippen LogP contribution in [0, 0.1) is 0 Å². The minimum Gasteiger partial charge on any atom is -0.317 e. The standard InChI is InChI=1S/C28H25N3O2/c1-22(20-24-14-7-3-8-15-24)21-26(30-27(32)25-17-9-4-10-18-25)28(33)31-29-19-11-16-23-12-5-2-6-13-23/h2-21H,1H3,(H,30,32)(H,31,33). The van der Waals surface area contributed by atoms with Gasteiger partial charge in [-0.05, 0) is 47.9 Å². The predicted octanol–water partition coefficient (Wildman–Crippen LogP) is 5.22. The zero-order chi connectivity index (χ0) is 23.3. The van der Waals surface area contributed by atoms with E-state index < -0.39 is 5.91 Å². The number of amides is 2. The smallest absolute Gasteiger partial charge is 0.287 e. The van der Waals surface area contributed by atoms with Gasteiger partial charge in [-0.3, -0.25) is 9.59 Å². The maximum Gasteiger partial charge on any atom is 0.287 e. The Morgan fingerprint density at radius 2 is 1.36 bits per heavy atom. The Morgan fingerprint density at radius 3 is 2.00 bits per heavy atom. The summed E-state index contributed by atoms with van der Waals surface area (Å²) in [5, 5.41) is 6.65. The Labute approximate surface area is 193 Å². The summed E-state index contributed by atoms with van der Waals surface area (Å²) in [7, 11) is 0. The molecule has 5 heteroatoms. The minimum absolute atomic E-state index is 0.0951. The quantitative estimate of drug-likeness (QED) is 0.220. The number of hydrogen-bond donors (Lipinski definition) is 2. The van der Waals surface area contributed by atoms with E-state index in [9.17, 15) is 9.59 Å². The van der Waals surface area contributed by atoms with Crippen molar-refractivity contribution in [2.75, 3.05) is 0 Å². The molecule has 0 aliphatic carbocycles. The summed E-state index contributed by atoms with van der Waals surface area (Å²) >= 11 is 0. The fraction of sp³-hybridized carbons (Fsp3) is 0.0357. The largest absolute Gasteiger partial charge is 0.317 e. The Balaban J connectivity index is 1.74. The van der Waals surface area contributed by atoms with Crippen molar-refractivity contribution >= 4 is 30.2 Å². The molecular formula is C28H25N3O2. The van der Waals surface area contributed by atoms with E-state index in [0.717, 1.165) is 16.7 Å². The van der Waals surface area contributed by atoms with Crippen molar-refractivity contribution < 1.29 is 9.59 Å². The number of rotatable bonds is 8. The van der Waals surface area contributed by atoms with Gasteiger partial charge in [0.05, 0.1) is 0 Å². The lowest BCUT2D eigenvalue weighted by Gasteiger charge is -2.09. The van der Waals surface area contributed by atoms with Crippen molar-refractivity contribution in [1.82, 2.24) is 10.7 Å². The summed E-state index contributed by atoms with van der Waals surface area (Å²) in [5.74, 6) is -0.901. The van der Waals surface area contributed by atoms with E-state index in [0.29, 0.717) is 5.56 Å². The van der Waals surface area contributed by atoms with E-state index in [2.05, 4.69) is 15.8 Å². The lowest BCUT2D eigenvalue weighted by atomic mass is 10.1. The lowest BCUT2D eigenvalue weighted by Crippen LogP contribution is -2.33. The highest BCUT2D eigenvalue weighted by molar-refractivity contribution is 6.03. The molecule has 0 fully saturated rings. The number of carbonyl (C=O) groups excluding carboxylic acids is 2. The molecule has 33 heavy (non-hydrogen) atoms. The van der Waals surface area contributed by atoms with Gasteiger partial charge in [0.15, 0.2) is 0 Å². The first-order valence-electron chi connectivity index (χ1n) is 10.5. The molecule has 0 heterocycles. The van der Waals surface area contributed by atoms with Gasteiger partial charge in [0, 0.05) is 11.8 Å². The van der Waals surface area contributed by atoms with Crippen LogP contribution in [0.15, 0.2) is 120 Å². The fourth-order valence-electron chi connectivity index (χ4n) is 2.94. The van der Waals surface area contributed by atoms with Gasteiger partial charge in [-0.2, -0.15) is 5.10 Å². The van der Waals surface area contributed by atoms with Crippen LogP contribution in [-0.2, 0) is 4.79 Å². The van der Waals surface area contributed by atoms with Crippen molar-refractivity contribution in [2.45, 2.75) is 6.92 Å². The molecule has 3 aromatic rings. The number of carbonyl (C=O) groups is 2. The first kappa shape index (κ1) is 23.2. The highest BCUT2D eigenvalue weighted by Gasteiger charge is 2.14. The van der Waals surface area contributed by atoms with E-state index in [1.165, 1.54) is 6.21 Å². The molecule has 0 unspecified atom stereocenters. The molecule has 0 saturated carbocycles. The van der Waals surface area contributed by atoms with E-state index in [-0.39, 0.29) is 11.6 Å². The molecule has 0 saturated heterocycles. The third-order valence-corrected chi connectivity index (χ3v) is 4.51. The summed E-state index contributed by atoms with van der Waals surface area (Å²) < 4.78 is 0. The van der Waals surface area contributed by atoms with Gasteiger partial charge in [0.2, 0.25) is 0 Å². The molecule has 0 radical (unpaired) electrons. The van der Waals surface area contributed by atoms with Gasteiger partial charge < -0.3 is 5.32 Å². The van der Waals surface area contributed by atoms with Gasteiger partial charge in [-0.25, -0.2) is 5.43 Å². The highest BCUT2D eigenvalue weighted by atomic mass is 16.2. The highest BCUT2D eigenvalue weighted by Crippen LogP contribution is 2.10. The molecule has 3 rings (SSSR count). The van der Waals surface area contributed by atoms with Crippen LogP contribution in [0.3, 0.4) is 0 Å². The second kappa shape index (κ2) is 12.4. The van der Waals surface area contributed by atoms with Crippen molar-refractivity contribution in [3.8, 4) is 0 Å². The molecule has 0 aliphatic heterocycles. The van der Waals surface area contributed by atoms with Gasteiger partial charge >= 0.3 is 0 Å². The number of benzene rings is 3. The monoisotopic (exact) mass is 435 g/mol. The molecule has 0 spiro atoms. The molecule has 0 atom stereocenters. The van der Waals surface area contributed by atoms with Crippen LogP contribution in [0.1, 0.15) is 28.4 Å². The fourth-order valence-corrected chi connectivity index (χ4v) is 2.94. The maximum atomic E-state index is 12.8. The summed E-state index contributed by atoms with van der Waals surface area (Å²) in [6.45, 7) is 1.86. The van der Waals surface area contributed by atoms with Gasteiger partial charge in [0.25, 0.3) is 11.8 Å². The Morgan fingerprint density at radius 1 is 0.788 bits per heavy atom. The zero-order valence-electron chi connectivity index (χ0n) is 18.3. The van der Waals surface area contributed by atoms with Crippen LogP contribution in [0.4, 0.5) is 0 Å². The molecule has 2 amide bonds. The number of nitrogens with one attached hydrogen (secondary N) is 2. The number of nitrogens with zero attached hydrogens (tertiary/aromatic N) is 1. The third kappa shape index (κ3) is 7.92. The van der Waals surface area contributed by atoms with Gasteiger partial charge in [-0.1, -0.05) is 91.0 Å². The molecule has 0 aliphatic rings. The summed E-state index contributed by atoms with van der Waals surface area (Å²) in [4.78, 5) is 25.4.